The number of hydrogen-bond acceptors (Lipinski definition) is 6. The Labute approximate surface area is 191 Å². The number of amides is 1. The number of hydrogen-bond donors (Lipinski definition) is 1. The summed E-state index contributed by atoms with van der Waals surface area (Å²) in [5.41, 5.74) is 2.93. The summed E-state index contributed by atoms with van der Waals surface area (Å²) in [6.45, 7) is 5.79. The van der Waals surface area contributed by atoms with E-state index in [0.717, 1.165) is 42.8 Å². The fourth-order valence-electron chi connectivity index (χ4n) is 4.15. The van der Waals surface area contributed by atoms with Crippen LogP contribution in [0.1, 0.15) is 15.9 Å². The Morgan fingerprint density at radius 3 is 2.61 bits per heavy atom. The highest BCUT2D eigenvalue weighted by Crippen LogP contribution is 2.23. The first kappa shape index (κ1) is 21.0. The molecule has 0 spiro atoms. The molecule has 1 aliphatic heterocycles. The minimum absolute atomic E-state index is 0.111. The molecule has 0 radical (unpaired) electrons. The highest BCUT2D eigenvalue weighted by molar-refractivity contribution is 6.04. The Bertz CT molecular complexity index is 1370. The number of benzene rings is 2. The molecule has 0 bridgehead atoms. The van der Waals surface area contributed by atoms with Crippen molar-refractivity contribution in [2.45, 2.75) is 6.92 Å². The summed E-state index contributed by atoms with van der Waals surface area (Å²) in [6.07, 6.45) is 3.16. The number of rotatable bonds is 4. The number of piperazine rings is 1. The number of nitrogens with one attached hydrogen (secondary N) is 1. The number of aryl methyl sites for hydroxylation is 1. The molecular weight excluding hydrogens is 418 g/mol. The highest BCUT2D eigenvalue weighted by atomic mass is 16.5. The van der Waals surface area contributed by atoms with Crippen molar-refractivity contribution in [3.05, 3.63) is 82.5 Å². The minimum atomic E-state index is -0.323. The second kappa shape index (κ2) is 8.55. The van der Waals surface area contributed by atoms with Crippen molar-refractivity contribution in [3.8, 4) is 5.69 Å². The van der Waals surface area contributed by atoms with E-state index in [2.05, 4.69) is 33.4 Å². The number of carbonyl (C=O) groups excluding carboxylic acids is 1. The zero-order valence-electron chi connectivity index (χ0n) is 18.6. The van der Waals surface area contributed by atoms with Crippen molar-refractivity contribution < 1.29 is 9.32 Å². The normalized spacial score (nSPS) is 14.5. The molecule has 168 valence electrons. The van der Waals surface area contributed by atoms with Gasteiger partial charge in [-0.3, -0.25) is 14.2 Å². The molecule has 1 fully saturated rings. The maximum absolute atomic E-state index is 13.5. The van der Waals surface area contributed by atoms with Gasteiger partial charge in [0.05, 0.1) is 5.69 Å². The Kier molecular flexibility index (Phi) is 5.43. The smallest absolute Gasteiger partial charge is 0.263 e. The third kappa shape index (κ3) is 4.12. The van der Waals surface area contributed by atoms with Crippen LogP contribution in [0.3, 0.4) is 0 Å². The van der Waals surface area contributed by atoms with Crippen molar-refractivity contribution in [3.63, 3.8) is 0 Å². The lowest BCUT2D eigenvalue weighted by Gasteiger charge is -2.34. The van der Waals surface area contributed by atoms with Gasteiger partial charge in [0.15, 0.2) is 5.82 Å². The van der Waals surface area contributed by atoms with E-state index in [-0.39, 0.29) is 11.5 Å². The molecule has 2 aromatic carbocycles. The van der Waals surface area contributed by atoms with Crippen LogP contribution in [0, 0.1) is 6.92 Å². The maximum atomic E-state index is 13.5. The van der Waals surface area contributed by atoms with Crippen LogP contribution >= 0.6 is 0 Å². The third-order valence-corrected chi connectivity index (χ3v) is 6.17. The first-order chi connectivity index (χ1) is 16.0. The fourth-order valence-corrected chi connectivity index (χ4v) is 4.15. The largest absolute Gasteiger partial charge is 0.369 e. The van der Waals surface area contributed by atoms with E-state index in [9.17, 15) is 9.59 Å². The molecule has 4 aromatic rings. The van der Waals surface area contributed by atoms with E-state index < -0.39 is 0 Å². The van der Waals surface area contributed by atoms with Gasteiger partial charge in [-0.05, 0) is 55.3 Å². The summed E-state index contributed by atoms with van der Waals surface area (Å²) >= 11 is 0. The van der Waals surface area contributed by atoms with Gasteiger partial charge in [0, 0.05) is 55.1 Å². The number of anilines is 2. The van der Waals surface area contributed by atoms with Gasteiger partial charge in [-0.25, -0.2) is 0 Å². The average Bonchev–Trinajstić information content (AvgIpc) is 3.33. The van der Waals surface area contributed by atoms with Gasteiger partial charge >= 0.3 is 0 Å². The molecule has 1 saturated heterocycles. The fraction of sp³-hybridized carbons (Fsp3) is 0.240. The summed E-state index contributed by atoms with van der Waals surface area (Å²) in [4.78, 5) is 30.8. The predicted molar refractivity (Wildman–Crippen MR) is 128 cm³/mol. The standard InChI is InChI=1S/C25H25N5O3/c1-17-3-4-19(24(31)26-23-8-14-33-27-23)15-22(17)30-9-7-18-5-6-20(16-21(18)25(30)32)29-12-10-28(2)11-13-29/h3-9,14-16H,10-13H2,1-2H3,(H,26,27,31). The van der Waals surface area contributed by atoms with Crippen LogP contribution in [0.2, 0.25) is 0 Å². The zero-order valence-corrected chi connectivity index (χ0v) is 18.6. The average molecular weight is 444 g/mol. The number of nitrogens with zero attached hydrogens (tertiary/aromatic N) is 4. The van der Waals surface area contributed by atoms with Crippen LogP contribution in [0.25, 0.3) is 16.5 Å². The van der Waals surface area contributed by atoms with Crippen LogP contribution in [-0.2, 0) is 0 Å². The van der Waals surface area contributed by atoms with Crippen LogP contribution in [-0.4, -0.2) is 53.8 Å². The second-order valence-electron chi connectivity index (χ2n) is 8.39. The summed E-state index contributed by atoms with van der Waals surface area (Å²) in [5.74, 6) is 0.0118. The molecule has 33 heavy (non-hydrogen) atoms. The van der Waals surface area contributed by atoms with E-state index in [4.69, 9.17) is 4.52 Å². The third-order valence-electron chi connectivity index (χ3n) is 6.17. The molecule has 0 saturated carbocycles. The Balaban J connectivity index is 1.52. The second-order valence-corrected chi connectivity index (χ2v) is 8.39. The first-order valence-electron chi connectivity index (χ1n) is 10.9. The quantitative estimate of drug-likeness (QED) is 0.521. The van der Waals surface area contributed by atoms with Gasteiger partial charge < -0.3 is 19.6 Å². The molecule has 0 aliphatic carbocycles. The molecule has 0 unspecified atom stereocenters. The molecule has 2 aromatic heterocycles. The van der Waals surface area contributed by atoms with Crippen molar-refractivity contribution in [1.29, 1.82) is 0 Å². The van der Waals surface area contributed by atoms with E-state index in [0.29, 0.717) is 22.5 Å². The van der Waals surface area contributed by atoms with Crippen LogP contribution < -0.4 is 15.8 Å². The number of carbonyl (C=O) groups is 1. The molecule has 0 atom stereocenters. The van der Waals surface area contributed by atoms with Crippen LogP contribution in [0.4, 0.5) is 11.5 Å². The van der Waals surface area contributed by atoms with Gasteiger partial charge in [0.1, 0.15) is 6.26 Å². The monoisotopic (exact) mass is 443 g/mol. The lowest BCUT2D eigenvalue weighted by atomic mass is 10.1. The van der Waals surface area contributed by atoms with E-state index in [1.807, 2.05) is 31.2 Å². The molecule has 8 nitrogen and oxygen atoms in total. The summed E-state index contributed by atoms with van der Waals surface area (Å²) in [7, 11) is 2.12. The number of fused-ring (bicyclic) bond motifs is 1. The number of likely N-dealkylation sites (N-methyl/N-ethyl adjacent to an activating group) is 1. The lowest BCUT2D eigenvalue weighted by Crippen LogP contribution is -2.44. The zero-order chi connectivity index (χ0) is 22.9. The first-order valence-corrected chi connectivity index (χ1v) is 10.9. The van der Waals surface area contributed by atoms with Gasteiger partial charge in [0.25, 0.3) is 11.5 Å². The van der Waals surface area contributed by atoms with Crippen molar-refractivity contribution in [2.75, 3.05) is 43.4 Å². The van der Waals surface area contributed by atoms with Crippen molar-refractivity contribution in [2.24, 2.45) is 0 Å². The van der Waals surface area contributed by atoms with E-state index in [1.165, 1.54) is 6.26 Å². The highest BCUT2D eigenvalue weighted by Gasteiger charge is 2.16. The van der Waals surface area contributed by atoms with Gasteiger partial charge in [-0.2, -0.15) is 0 Å². The molecule has 1 aliphatic rings. The van der Waals surface area contributed by atoms with Crippen LogP contribution in [0.5, 0.6) is 0 Å². The van der Waals surface area contributed by atoms with Gasteiger partial charge in [-0.1, -0.05) is 17.3 Å². The SMILES string of the molecule is Cc1ccc(C(=O)Nc2ccon2)cc1-n1ccc2ccc(N3CCN(C)CC3)cc2c1=O. The summed E-state index contributed by atoms with van der Waals surface area (Å²) < 4.78 is 6.37. The topological polar surface area (TPSA) is 83.6 Å². The van der Waals surface area contributed by atoms with Crippen molar-refractivity contribution >= 4 is 28.2 Å². The van der Waals surface area contributed by atoms with Gasteiger partial charge in [-0.15, -0.1) is 0 Å². The van der Waals surface area contributed by atoms with Crippen LogP contribution in [0.15, 0.2) is 70.3 Å². The lowest BCUT2D eigenvalue weighted by molar-refractivity contribution is 0.102. The Hall–Kier alpha value is -3.91. The Morgan fingerprint density at radius 2 is 1.85 bits per heavy atom. The molecular formula is C25H25N5O3. The molecule has 8 heteroatoms. The van der Waals surface area contributed by atoms with E-state index >= 15 is 0 Å². The molecule has 5 rings (SSSR count). The summed E-state index contributed by atoms with van der Waals surface area (Å²) in [6, 6.07) is 14.9. The van der Waals surface area contributed by atoms with Crippen molar-refractivity contribution in [1.82, 2.24) is 14.6 Å². The predicted octanol–water partition coefficient (Wildman–Crippen LogP) is 3.29. The molecule has 1 N–H and O–H groups in total. The Morgan fingerprint density at radius 1 is 1.03 bits per heavy atom. The molecule has 1 amide bonds. The van der Waals surface area contributed by atoms with E-state index in [1.54, 1.807) is 29.0 Å². The maximum Gasteiger partial charge on any atom is 0.263 e. The molecule has 3 heterocycles. The van der Waals surface area contributed by atoms with Gasteiger partial charge in [0.2, 0.25) is 0 Å². The summed E-state index contributed by atoms with van der Waals surface area (Å²) in [5, 5.41) is 7.95. The number of pyridine rings is 1. The number of aromatic nitrogens is 2. The minimum Gasteiger partial charge on any atom is -0.369 e.